The van der Waals surface area contributed by atoms with Crippen LogP contribution in [0.1, 0.15) is 38.5 Å². The van der Waals surface area contributed by atoms with Crippen molar-refractivity contribution in [3.05, 3.63) is 0 Å². The van der Waals surface area contributed by atoms with Gasteiger partial charge in [-0.15, -0.1) is 0 Å². The van der Waals surface area contributed by atoms with Crippen LogP contribution in [0.4, 0.5) is 0 Å². The van der Waals surface area contributed by atoms with Crippen LogP contribution in [-0.2, 0) is 4.74 Å². The zero-order valence-electron chi connectivity index (χ0n) is 13.4. The second kappa shape index (κ2) is 6.15. The fourth-order valence-electron chi connectivity index (χ4n) is 4.55. The van der Waals surface area contributed by atoms with Crippen molar-refractivity contribution < 1.29 is 4.74 Å². The van der Waals surface area contributed by atoms with Crippen molar-refractivity contribution in [1.29, 1.82) is 0 Å². The Labute approximate surface area is 129 Å². The van der Waals surface area contributed by atoms with E-state index in [1.54, 1.807) is 0 Å². The average molecular weight is 293 g/mol. The predicted octanol–water partition coefficient (Wildman–Crippen LogP) is 1.32. The molecule has 4 rings (SSSR count). The van der Waals surface area contributed by atoms with Gasteiger partial charge >= 0.3 is 0 Å². The lowest BCUT2D eigenvalue weighted by Gasteiger charge is -2.45. The van der Waals surface area contributed by atoms with E-state index >= 15 is 0 Å². The molecule has 0 radical (unpaired) electrons. The molecular weight excluding hydrogens is 262 g/mol. The predicted molar refractivity (Wildman–Crippen MR) is 84.5 cm³/mol. The van der Waals surface area contributed by atoms with Gasteiger partial charge in [-0.25, -0.2) is 0 Å². The Bertz CT molecular complexity index is 352. The van der Waals surface area contributed by atoms with Crippen LogP contribution in [-0.4, -0.2) is 74.4 Å². The lowest BCUT2D eigenvalue weighted by molar-refractivity contribution is -0.0363. The highest BCUT2D eigenvalue weighted by molar-refractivity contribution is 4.94. The van der Waals surface area contributed by atoms with Gasteiger partial charge in [-0.3, -0.25) is 9.80 Å². The third-order valence-corrected chi connectivity index (χ3v) is 5.98. The molecule has 1 saturated carbocycles. The largest absolute Gasteiger partial charge is 0.381 e. The Kier molecular flexibility index (Phi) is 4.23. The summed E-state index contributed by atoms with van der Waals surface area (Å²) < 4.78 is 5.89. The van der Waals surface area contributed by atoms with E-state index in [4.69, 9.17) is 4.74 Å². The molecule has 3 aliphatic heterocycles. The third-order valence-electron chi connectivity index (χ3n) is 5.98. The van der Waals surface area contributed by atoms with Gasteiger partial charge in [0.2, 0.25) is 0 Å². The number of piperazine rings is 1. The number of rotatable bonds is 5. The molecule has 0 aromatic carbocycles. The van der Waals surface area contributed by atoms with E-state index in [0.717, 1.165) is 25.3 Å². The number of fused-ring (bicyclic) bond motifs is 1. The second-order valence-corrected chi connectivity index (χ2v) is 7.88. The van der Waals surface area contributed by atoms with Crippen LogP contribution >= 0.6 is 0 Å². The molecule has 0 spiro atoms. The first-order valence-electron chi connectivity index (χ1n) is 9.11. The fraction of sp³-hybridized carbons (Fsp3) is 1.00. The molecule has 3 heterocycles. The Morgan fingerprint density at radius 3 is 2.86 bits per heavy atom. The Hall–Kier alpha value is -0.160. The minimum Gasteiger partial charge on any atom is -0.381 e. The van der Waals surface area contributed by atoms with Crippen LogP contribution in [0.15, 0.2) is 0 Å². The van der Waals surface area contributed by atoms with Gasteiger partial charge in [0.15, 0.2) is 0 Å². The van der Waals surface area contributed by atoms with Gasteiger partial charge in [0.25, 0.3) is 0 Å². The maximum absolute atomic E-state index is 5.89. The zero-order valence-corrected chi connectivity index (χ0v) is 13.4. The summed E-state index contributed by atoms with van der Waals surface area (Å²) in [5.74, 6) is 0. The molecule has 0 aromatic rings. The minimum absolute atomic E-state index is 0.377. The van der Waals surface area contributed by atoms with Crippen LogP contribution in [0.3, 0.4) is 0 Å². The summed E-state index contributed by atoms with van der Waals surface area (Å²) in [7, 11) is 0. The molecule has 2 unspecified atom stereocenters. The third kappa shape index (κ3) is 3.44. The smallest absolute Gasteiger partial charge is 0.0546 e. The van der Waals surface area contributed by atoms with Gasteiger partial charge in [-0.1, -0.05) is 0 Å². The monoisotopic (exact) mass is 293 g/mol. The van der Waals surface area contributed by atoms with Gasteiger partial charge in [0, 0.05) is 56.8 Å². The molecule has 3 saturated heterocycles. The summed E-state index contributed by atoms with van der Waals surface area (Å²) in [5.41, 5.74) is 0.377. The first kappa shape index (κ1) is 14.4. The molecule has 4 nitrogen and oxygen atoms in total. The van der Waals surface area contributed by atoms with E-state index in [0.29, 0.717) is 5.41 Å². The number of hydrogen-bond acceptors (Lipinski definition) is 4. The fourth-order valence-corrected chi connectivity index (χ4v) is 4.55. The van der Waals surface area contributed by atoms with Gasteiger partial charge in [-0.2, -0.15) is 0 Å². The quantitative estimate of drug-likeness (QED) is 0.827. The molecule has 120 valence electrons. The first-order chi connectivity index (χ1) is 10.3. The van der Waals surface area contributed by atoms with Crippen molar-refractivity contribution in [2.45, 2.75) is 50.6 Å². The number of hydrogen-bond donors (Lipinski definition) is 1. The Morgan fingerprint density at radius 1 is 1.10 bits per heavy atom. The molecule has 0 aromatic heterocycles. The first-order valence-corrected chi connectivity index (χ1v) is 9.11. The molecule has 4 fully saturated rings. The molecule has 1 N–H and O–H groups in total. The van der Waals surface area contributed by atoms with Crippen molar-refractivity contribution in [2.75, 3.05) is 52.5 Å². The number of ether oxygens (including phenoxy) is 1. The molecule has 4 aliphatic rings. The van der Waals surface area contributed by atoms with E-state index in [1.165, 1.54) is 77.8 Å². The molecule has 0 amide bonds. The maximum atomic E-state index is 5.89. The second-order valence-electron chi connectivity index (χ2n) is 7.88. The summed E-state index contributed by atoms with van der Waals surface area (Å²) in [6.07, 6.45) is 8.19. The highest BCUT2D eigenvalue weighted by atomic mass is 16.5. The SMILES string of the molecule is C1CC2CN(CC3(CNC4CC4)CCCOC3)CCN2C1. The maximum Gasteiger partial charge on any atom is 0.0546 e. The van der Waals surface area contributed by atoms with Crippen molar-refractivity contribution in [1.82, 2.24) is 15.1 Å². The summed E-state index contributed by atoms with van der Waals surface area (Å²) >= 11 is 0. The summed E-state index contributed by atoms with van der Waals surface area (Å²) in [5, 5.41) is 3.79. The molecule has 2 atom stereocenters. The van der Waals surface area contributed by atoms with Crippen LogP contribution in [0.2, 0.25) is 0 Å². The Balaban J connectivity index is 1.36. The minimum atomic E-state index is 0.377. The Morgan fingerprint density at radius 2 is 2.05 bits per heavy atom. The van der Waals surface area contributed by atoms with Crippen molar-refractivity contribution >= 4 is 0 Å². The van der Waals surface area contributed by atoms with Crippen LogP contribution in [0.25, 0.3) is 0 Å². The molecule has 0 bridgehead atoms. The van der Waals surface area contributed by atoms with E-state index in [1.807, 2.05) is 0 Å². The molecule has 1 aliphatic carbocycles. The van der Waals surface area contributed by atoms with Gasteiger partial charge in [0.05, 0.1) is 6.61 Å². The highest BCUT2D eigenvalue weighted by Gasteiger charge is 2.39. The lowest BCUT2D eigenvalue weighted by atomic mass is 9.81. The van der Waals surface area contributed by atoms with E-state index in [-0.39, 0.29) is 0 Å². The van der Waals surface area contributed by atoms with Gasteiger partial charge < -0.3 is 10.1 Å². The topological polar surface area (TPSA) is 27.7 Å². The normalized spacial score (nSPS) is 38.6. The van der Waals surface area contributed by atoms with Crippen molar-refractivity contribution in [3.63, 3.8) is 0 Å². The highest BCUT2D eigenvalue weighted by Crippen LogP contribution is 2.32. The summed E-state index contributed by atoms with van der Waals surface area (Å²) in [6, 6.07) is 1.66. The van der Waals surface area contributed by atoms with Crippen LogP contribution in [0.5, 0.6) is 0 Å². The number of nitrogens with zero attached hydrogens (tertiary/aromatic N) is 2. The van der Waals surface area contributed by atoms with E-state index in [9.17, 15) is 0 Å². The van der Waals surface area contributed by atoms with Crippen molar-refractivity contribution in [2.24, 2.45) is 5.41 Å². The van der Waals surface area contributed by atoms with Gasteiger partial charge in [0.1, 0.15) is 0 Å². The molecular formula is C17H31N3O. The lowest BCUT2D eigenvalue weighted by Crippen LogP contribution is -2.56. The molecule has 4 heteroatoms. The molecule has 21 heavy (non-hydrogen) atoms. The summed E-state index contributed by atoms with van der Waals surface area (Å²) in [6.45, 7) is 9.55. The summed E-state index contributed by atoms with van der Waals surface area (Å²) in [4.78, 5) is 5.46. The zero-order chi connectivity index (χ0) is 14.1. The number of nitrogens with one attached hydrogen (secondary N) is 1. The average Bonchev–Trinajstić information content (AvgIpc) is 3.23. The van der Waals surface area contributed by atoms with Gasteiger partial charge in [-0.05, 0) is 45.1 Å². The standard InChI is InChI=1S/C17H31N3O/c1-3-16-11-19(8-9-20(16)7-1)13-17(6-2-10-21-14-17)12-18-15-4-5-15/h15-16,18H,1-14H2. The van der Waals surface area contributed by atoms with Crippen LogP contribution in [0, 0.1) is 5.41 Å². The van der Waals surface area contributed by atoms with Crippen molar-refractivity contribution in [3.8, 4) is 0 Å². The van der Waals surface area contributed by atoms with E-state index in [2.05, 4.69) is 15.1 Å². The van der Waals surface area contributed by atoms with E-state index < -0.39 is 0 Å². The van der Waals surface area contributed by atoms with Crippen LogP contribution < -0.4 is 5.32 Å².